The number of carbonyl (C=O) groups is 1. The van der Waals surface area contributed by atoms with Crippen LogP contribution in [0, 0.1) is 0 Å². The van der Waals surface area contributed by atoms with Crippen LogP contribution in [0.25, 0.3) is 16.5 Å². The first-order chi connectivity index (χ1) is 13.7. The van der Waals surface area contributed by atoms with Gasteiger partial charge < -0.3 is 4.74 Å². The summed E-state index contributed by atoms with van der Waals surface area (Å²) in [7, 11) is 0. The molecule has 0 unspecified atom stereocenters. The van der Waals surface area contributed by atoms with E-state index >= 15 is 0 Å². The SMILES string of the molecule is CCc1ccc(OC(=O)c2nn(-c3ccccc3)c(=O)c3ccccc23)cc1. The van der Waals surface area contributed by atoms with Crippen molar-refractivity contribution in [1.82, 2.24) is 9.78 Å². The number of aromatic nitrogens is 2. The predicted molar refractivity (Wildman–Crippen MR) is 108 cm³/mol. The highest BCUT2D eigenvalue weighted by molar-refractivity contribution is 6.03. The summed E-state index contributed by atoms with van der Waals surface area (Å²) in [6.07, 6.45) is 0.905. The van der Waals surface area contributed by atoms with Crippen molar-refractivity contribution in [3.8, 4) is 11.4 Å². The second-order valence-electron chi connectivity index (χ2n) is 6.33. The molecule has 0 amide bonds. The van der Waals surface area contributed by atoms with E-state index in [2.05, 4.69) is 12.0 Å². The summed E-state index contributed by atoms with van der Waals surface area (Å²) in [6.45, 7) is 2.06. The fourth-order valence-electron chi connectivity index (χ4n) is 3.03. The molecule has 4 aromatic rings. The number of hydrogen-bond donors (Lipinski definition) is 0. The molecule has 1 aromatic heterocycles. The van der Waals surface area contributed by atoms with Gasteiger partial charge in [-0.2, -0.15) is 9.78 Å². The number of nitrogens with zero attached hydrogens (tertiary/aromatic N) is 2. The lowest BCUT2D eigenvalue weighted by molar-refractivity contribution is 0.0729. The van der Waals surface area contributed by atoms with Crippen molar-refractivity contribution in [1.29, 1.82) is 0 Å². The van der Waals surface area contributed by atoms with Crippen molar-refractivity contribution in [2.24, 2.45) is 0 Å². The van der Waals surface area contributed by atoms with E-state index in [1.807, 2.05) is 30.3 Å². The standard InChI is InChI=1S/C23H18N2O3/c1-2-16-12-14-18(15-13-16)28-23(27)21-19-10-6-7-11-20(19)22(26)25(24-21)17-8-4-3-5-9-17/h3-15H,2H2,1H3. The number of ether oxygens (including phenoxy) is 1. The number of para-hydroxylation sites is 1. The van der Waals surface area contributed by atoms with E-state index in [0.29, 0.717) is 22.2 Å². The van der Waals surface area contributed by atoms with Gasteiger partial charge >= 0.3 is 5.97 Å². The van der Waals surface area contributed by atoms with E-state index in [1.165, 1.54) is 4.68 Å². The average Bonchev–Trinajstić information content (AvgIpc) is 2.75. The molecule has 0 aliphatic rings. The summed E-state index contributed by atoms with van der Waals surface area (Å²) in [6, 6.07) is 23.3. The van der Waals surface area contributed by atoms with Crippen LogP contribution >= 0.6 is 0 Å². The average molecular weight is 370 g/mol. The van der Waals surface area contributed by atoms with E-state index < -0.39 is 5.97 Å². The summed E-state index contributed by atoms with van der Waals surface area (Å²) in [5.74, 6) is -0.171. The van der Waals surface area contributed by atoms with Gasteiger partial charge in [0, 0.05) is 5.39 Å². The molecular weight excluding hydrogens is 352 g/mol. The molecule has 28 heavy (non-hydrogen) atoms. The highest BCUT2D eigenvalue weighted by Gasteiger charge is 2.19. The maximum Gasteiger partial charge on any atom is 0.364 e. The first-order valence-corrected chi connectivity index (χ1v) is 9.06. The minimum absolute atomic E-state index is 0.0959. The van der Waals surface area contributed by atoms with Crippen LogP contribution in [0.1, 0.15) is 23.0 Å². The predicted octanol–water partition coefficient (Wildman–Crippen LogP) is 4.17. The summed E-state index contributed by atoms with van der Waals surface area (Å²) < 4.78 is 6.76. The molecule has 0 spiro atoms. The molecule has 3 aromatic carbocycles. The molecule has 0 atom stereocenters. The molecule has 0 bridgehead atoms. The van der Waals surface area contributed by atoms with E-state index in [1.54, 1.807) is 48.5 Å². The van der Waals surface area contributed by atoms with Gasteiger partial charge in [0.05, 0.1) is 11.1 Å². The number of hydrogen-bond acceptors (Lipinski definition) is 4. The second-order valence-corrected chi connectivity index (χ2v) is 6.33. The molecule has 0 saturated carbocycles. The van der Waals surface area contributed by atoms with Crippen LogP contribution in [0.15, 0.2) is 83.7 Å². The van der Waals surface area contributed by atoms with Gasteiger partial charge in [-0.1, -0.05) is 55.5 Å². The Balaban J connectivity index is 1.82. The van der Waals surface area contributed by atoms with Gasteiger partial charge in [0.2, 0.25) is 0 Å². The molecule has 5 nitrogen and oxygen atoms in total. The zero-order valence-corrected chi connectivity index (χ0v) is 15.3. The molecule has 0 N–H and O–H groups in total. The highest BCUT2D eigenvalue weighted by atomic mass is 16.5. The third-order valence-electron chi connectivity index (χ3n) is 4.54. The fraction of sp³-hybridized carbons (Fsp3) is 0.0870. The van der Waals surface area contributed by atoms with Crippen molar-refractivity contribution < 1.29 is 9.53 Å². The van der Waals surface area contributed by atoms with Gasteiger partial charge in [-0.25, -0.2) is 4.79 Å². The fourth-order valence-corrected chi connectivity index (χ4v) is 3.03. The van der Waals surface area contributed by atoms with Gasteiger partial charge in [-0.3, -0.25) is 4.79 Å². The number of esters is 1. The Morgan fingerprint density at radius 2 is 1.54 bits per heavy atom. The lowest BCUT2D eigenvalue weighted by Crippen LogP contribution is -2.25. The normalized spacial score (nSPS) is 10.8. The smallest absolute Gasteiger partial charge is 0.364 e. The van der Waals surface area contributed by atoms with Crippen LogP contribution in [0.2, 0.25) is 0 Å². The van der Waals surface area contributed by atoms with Crippen LogP contribution in [0.5, 0.6) is 5.75 Å². The topological polar surface area (TPSA) is 61.2 Å². The molecule has 4 rings (SSSR count). The van der Waals surface area contributed by atoms with E-state index in [9.17, 15) is 9.59 Å². The van der Waals surface area contributed by atoms with E-state index in [-0.39, 0.29) is 11.3 Å². The maximum absolute atomic E-state index is 12.9. The molecule has 138 valence electrons. The van der Waals surface area contributed by atoms with Gasteiger partial charge in [-0.05, 0) is 42.3 Å². The Hall–Kier alpha value is -3.73. The van der Waals surface area contributed by atoms with Gasteiger partial charge in [0.1, 0.15) is 5.75 Å². The minimum Gasteiger partial charge on any atom is -0.422 e. The number of carbonyl (C=O) groups excluding carboxylic acids is 1. The van der Waals surface area contributed by atoms with Crippen molar-refractivity contribution in [2.45, 2.75) is 13.3 Å². The van der Waals surface area contributed by atoms with Gasteiger partial charge in [0.15, 0.2) is 5.69 Å². The Labute approximate surface area is 161 Å². The van der Waals surface area contributed by atoms with E-state index in [4.69, 9.17) is 4.74 Å². The first kappa shape index (κ1) is 17.7. The van der Waals surface area contributed by atoms with Crippen molar-refractivity contribution >= 4 is 16.7 Å². The largest absolute Gasteiger partial charge is 0.422 e. The van der Waals surface area contributed by atoms with Crippen molar-refractivity contribution in [3.05, 3.63) is 100 Å². The molecular formula is C23H18N2O3. The molecule has 0 saturated heterocycles. The van der Waals surface area contributed by atoms with Crippen LogP contribution in [0.4, 0.5) is 0 Å². The summed E-state index contributed by atoms with van der Waals surface area (Å²) in [4.78, 5) is 25.8. The van der Waals surface area contributed by atoms with Gasteiger partial charge in [-0.15, -0.1) is 0 Å². The number of benzene rings is 3. The Kier molecular flexibility index (Phi) is 4.72. The lowest BCUT2D eigenvalue weighted by Gasteiger charge is -2.11. The van der Waals surface area contributed by atoms with Gasteiger partial charge in [0.25, 0.3) is 5.56 Å². The zero-order chi connectivity index (χ0) is 19.5. The highest BCUT2D eigenvalue weighted by Crippen LogP contribution is 2.19. The summed E-state index contributed by atoms with van der Waals surface area (Å²) >= 11 is 0. The van der Waals surface area contributed by atoms with E-state index in [0.717, 1.165) is 12.0 Å². The van der Waals surface area contributed by atoms with Crippen molar-refractivity contribution in [2.75, 3.05) is 0 Å². The molecule has 0 aliphatic carbocycles. The Morgan fingerprint density at radius 3 is 2.21 bits per heavy atom. The second kappa shape index (κ2) is 7.48. The number of rotatable bonds is 4. The minimum atomic E-state index is -0.606. The lowest BCUT2D eigenvalue weighted by atomic mass is 10.1. The maximum atomic E-state index is 12.9. The van der Waals surface area contributed by atoms with Crippen LogP contribution in [0.3, 0.4) is 0 Å². The molecule has 0 radical (unpaired) electrons. The quantitative estimate of drug-likeness (QED) is 0.400. The Morgan fingerprint density at radius 1 is 0.893 bits per heavy atom. The third-order valence-corrected chi connectivity index (χ3v) is 4.54. The molecule has 1 heterocycles. The molecule has 0 aliphatic heterocycles. The summed E-state index contributed by atoms with van der Waals surface area (Å²) in [5.41, 5.74) is 1.55. The van der Waals surface area contributed by atoms with Crippen LogP contribution in [-0.4, -0.2) is 15.7 Å². The zero-order valence-electron chi connectivity index (χ0n) is 15.3. The third kappa shape index (κ3) is 3.30. The molecule has 0 fully saturated rings. The van der Waals surface area contributed by atoms with Crippen molar-refractivity contribution in [3.63, 3.8) is 0 Å². The summed E-state index contributed by atoms with van der Waals surface area (Å²) in [5, 5.41) is 5.21. The van der Waals surface area contributed by atoms with Crippen LogP contribution in [-0.2, 0) is 6.42 Å². The molecule has 5 heteroatoms. The Bertz CT molecular complexity index is 1200. The number of fused-ring (bicyclic) bond motifs is 1. The monoisotopic (exact) mass is 370 g/mol. The number of aryl methyl sites for hydroxylation is 1. The van der Waals surface area contributed by atoms with Crippen LogP contribution < -0.4 is 10.3 Å². The first-order valence-electron chi connectivity index (χ1n) is 9.06.